The van der Waals surface area contributed by atoms with Crippen molar-refractivity contribution in [2.24, 2.45) is 0 Å². The summed E-state index contributed by atoms with van der Waals surface area (Å²) < 4.78 is 66.2. The predicted molar refractivity (Wildman–Crippen MR) is 76.4 cm³/mol. The van der Waals surface area contributed by atoms with Crippen molar-refractivity contribution in [1.82, 2.24) is 0 Å². The summed E-state index contributed by atoms with van der Waals surface area (Å²) in [6, 6.07) is 7.73. The van der Waals surface area contributed by atoms with E-state index >= 15 is 0 Å². The van der Waals surface area contributed by atoms with Crippen LogP contribution < -0.4 is 0 Å². The molecular formula is C12H8F3IO3S. The Balaban J connectivity index is 3.14. The third-order valence-corrected chi connectivity index (χ3v) is 7.65. The van der Waals surface area contributed by atoms with E-state index in [1.807, 2.05) is 0 Å². The third-order valence-electron chi connectivity index (χ3n) is 1.68. The van der Waals surface area contributed by atoms with Crippen LogP contribution in [0.3, 0.4) is 0 Å². The molecule has 0 aliphatic heterocycles. The van der Waals surface area contributed by atoms with Crippen LogP contribution in [0.25, 0.3) is 0 Å². The van der Waals surface area contributed by atoms with Gasteiger partial charge in [0.15, 0.2) is 0 Å². The van der Waals surface area contributed by atoms with E-state index in [4.69, 9.17) is 0 Å². The molecule has 0 fully saturated rings. The van der Waals surface area contributed by atoms with E-state index < -0.39 is 35.9 Å². The Morgan fingerprint density at radius 2 is 1.75 bits per heavy atom. The van der Waals surface area contributed by atoms with Crippen LogP contribution in [-0.4, -0.2) is 13.9 Å². The Kier molecular flexibility index (Phi) is 5.87. The molecule has 0 N–H and O–H groups in total. The molecule has 20 heavy (non-hydrogen) atoms. The third kappa shape index (κ3) is 4.71. The summed E-state index contributed by atoms with van der Waals surface area (Å²) in [5.41, 5.74) is -5.46. The van der Waals surface area contributed by atoms with E-state index in [1.54, 1.807) is 18.2 Å². The molecule has 1 aromatic rings. The van der Waals surface area contributed by atoms with Gasteiger partial charge < -0.3 is 0 Å². The molecule has 0 bridgehead atoms. The predicted octanol–water partition coefficient (Wildman–Crippen LogP) is 3.13. The molecule has 1 rings (SSSR count). The molecular weight excluding hydrogens is 408 g/mol. The Morgan fingerprint density at radius 1 is 1.15 bits per heavy atom. The number of hydrogen-bond acceptors (Lipinski definition) is 3. The molecule has 1 aromatic carbocycles. The molecule has 0 atom stereocenters. The van der Waals surface area contributed by atoms with Crippen LogP contribution in [0.15, 0.2) is 30.3 Å². The van der Waals surface area contributed by atoms with E-state index in [9.17, 15) is 21.6 Å². The average molecular weight is 416 g/mol. The topological polar surface area (TPSA) is 43.4 Å². The van der Waals surface area contributed by atoms with Crippen LogP contribution >= 0.6 is 20.2 Å². The second-order valence-corrected chi connectivity index (χ2v) is 8.88. The molecule has 0 aromatic heterocycles. The quantitative estimate of drug-likeness (QED) is 0.432. The molecule has 0 amide bonds. The fraction of sp³-hybridized carbons (Fsp3) is 0.167. The number of rotatable bonds is 3. The first-order valence-electron chi connectivity index (χ1n) is 4.96. The van der Waals surface area contributed by atoms with Gasteiger partial charge in [0.1, 0.15) is 0 Å². The Labute approximate surface area is 122 Å². The van der Waals surface area contributed by atoms with Crippen LogP contribution in [-0.2, 0) is 12.6 Å². The number of benzene rings is 1. The molecule has 0 heterocycles. The van der Waals surface area contributed by atoms with Crippen LogP contribution in [0.2, 0.25) is 0 Å². The molecule has 0 aliphatic rings. The molecule has 0 aliphatic carbocycles. The van der Waals surface area contributed by atoms with Gasteiger partial charge in [-0.2, -0.15) is 0 Å². The summed E-state index contributed by atoms with van der Waals surface area (Å²) in [5, 5.41) is 0. The second kappa shape index (κ2) is 6.97. The number of hydrogen-bond donors (Lipinski definition) is 0. The van der Waals surface area contributed by atoms with Crippen LogP contribution in [0.1, 0.15) is 6.92 Å². The summed E-state index contributed by atoms with van der Waals surface area (Å²) in [5.74, 6) is 7.10. The van der Waals surface area contributed by atoms with Gasteiger partial charge in [0.2, 0.25) is 0 Å². The van der Waals surface area contributed by atoms with Gasteiger partial charge in [-0.1, -0.05) is 0 Å². The van der Waals surface area contributed by atoms with Crippen molar-refractivity contribution >= 4 is 30.4 Å². The van der Waals surface area contributed by atoms with Gasteiger partial charge in [0, 0.05) is 0 Å². The SMILES string of the molecule is CC#CC#CI(OS(=O)(=O)C(F)(F)F)c1ccccc1. The zero-order valence-corrected chi connectivity index (χ0v) is 13.0. The number of alkyl halides is 3. The fourth-order valence-electron chi connectivity index (χ4n) is 0.883. The van der Waals surface area contributed by atoms with E-state index in [-0.39, 0.29) is 0 Å². The number of halogens is 4. The summed E-state index contributed by atoms with van der Waals surface area (Å²) in [7, 11) is -5.66. The van der Waals surface area contributed by atoms with Crippen LogP contribution in [0, 0.1) is 25.3 Å². The van der Waals surface area contributed by atoms with Crippen molar-refractivity contribution in [3.05, 3.63) is 33.9 Å². The van der Waals surface area contributed by atoms with Crippen LogP contribution in [0.4, 0.5) is 13.2 Å². The van der Waals surface area contributed by atoms with Gasteiger partial charge in [-0.05, 0) is 0 Å². The summed E-state index contributed by atoms with van der Waals surface area (Å²) in [4.78, 5) is 0. The average Bonchev–Trinajstić information content (AvgIpc) is 2.37. The van der Waals surface area contributed by atoms with E-state index in [0.717, 1.165) is 0 Å². The summed E-state index contributed by atoms with van der Waals surface area (Å²) in [6.07, 6.45) is 0. The molecule has 0 radical (unpaired) electrons. The van der Waals surface area contributed by atoms with Gasteiger partial charge >= 0.3 is 122 Å². The van der Waals surface area contributed by atoms with Gasteiger partial charge in [-0.25, -0.2) is 0 Å². The molecule has 3 nitrogen and oxygen atoms in total. The zero-order chi connectivity index (χ0) is 15.2. The Morgan fingerprint density at radius 3 is 2.25 bits per heavy atom. The van der Waals surface area contributed by atoms with Gasteiger partial charge in [-0.3, -0.25) is 0 Å². The maximum atomic E-state index is 12.3. The van der Waals surface area contributed by atoms with Crippen molar-refractivity contribution in [2.75, 3.05) is 0 Å². The molecule has 0 saturated carbocycles. The minimum absolute atomic E-state index is 0.343. The van der Waals surface area contributed by atoms with Crippen LogP contribution in [0.5, 0.6) is 0 Å². The van der Waals surface area contributed by atoms with Gasteiger partial charge in [0.25, 0.3) is 0 Å². The van der Waals surface area contributed by atoms with Gasteiger partial charge in [-0.15, -0.1) is 0 Å². The van der Waals surface area contributed by atoms with E-state index in [1.165, 1.54) is 19.1 Å². The van der Waals surface area contributed by atoms with E-state index in [2.05, 4.69) is 24.2 Å². The first-order chi connectivity index (χ1) is 9.28. The monoisotopic (exact) mass is 416 g/mol. The molecule has 108 valence electrons. The van der Waals surface area contributed by atoms with Crippen molar-refractivity contribution in [1.29, 1.82) is 0 Å². The first-order valence-corrected chi connectivity index (χ1v) is 9.41. The normalized spacial score (nSPS) is 11.7. The molecule has 0 saturated heterocycles. The van der Waals surface area contributed by atoms with Crippen molar-refractivity contribution in [3.8, 4) is 21.7 Å². The Bertz CT molecular complexity index is 676. The first kappa shape index (κ1) is 16.8. The maximum absolute atomic E-state index is 12.3. The van der Waals surface area contributed by atoms with E-state index in [0.29, 0.717) is 3.57 Å². The van der Waals surface area contributed by atoms with Crippen molar-refractivity contribution in [2.45, 2.75) is 12.4 Å². The molecule has 0 unspecified atom stereocenters. The minimum atomic E-state index is -5.66. The summed E-state index contributed by atoms with van der Waals surface area (Å²) >= 11 is -3.32. The fourth-order valence-corrected chi connectivity index (χ4v) is 5.91. The molecule has 0 spiro atoms. The van der Waals surface area contributed by atoms with Gasteiger partial charge in [0.05, 0.1) is 0 Å². The second-order valence-electron chi connectivity index (χ2n) is 3.10. The Hall–Kier alpha value is -1.23. The van der Waals surface area contributed by atoms with Crippen molar-refractivity contribution < 1.29 is 24.1 Å². The summed E-state index contributed by atoms with van der Waals surface area (Å²) in [6.45, 7) is 1.50. The standard InChI is InChI=1S/C12H8F3IO3S/c1-2-3-7-10-16(11-8-5-4-6-9-11)19-20(17,18)12(13,14)15/h4-6,8-9H,1H3. The molecule has 8 heteroatoms. The zero-order valence-electron chi connectivity index (χ0n) is 10.0. The van der Waals surface area contributed by atoms with Crippen molar-refractivity contribution in [3.63, 3.8) is 0 Å².